The molecule has 0 saturated heterocycles. The number of hydrogen-bond acceptors (Lipinski definition) is 3. The molecule has 0 radical (unpaired) electrons. The summed E-state index contributed by atoms with van der Waals surface area (Å²) in [6.45, 7) is 0.357. The van der Waals surface area contributed by atoms with Gasteiger partial charge in [0.2, 0.25) is 5.91 Å². The average Bonchev–Trinajstić information content (AvgIpc) is 2.64. The van der Waals surface area contributed by atoms with Gasteiger partial charge in [0, 0.05) is 24.1 Å². The third kappa shape index (κ3) is 4.08. The lowest BCUT2D eigenvalue weighted by molar-refractivity contribution is -0.121. The van der Waals surface area contributed by atoms with Gasteiger partial charge >= 0.3 is 0 Å². The van der Waals surface area contributed by atoms with Crippen LogP contribution in [-0.4, -0.2) is 18.0 Å². The van der Waals surface area contributed by atoms with E-state index < -0.39 is 5.82 Å². The van der Waals surface area contributed by atoms with Crippen LogP contribution in [0.4, 0.5) is 4.39 Å². The van der Waals surface area contributed by atoms with Crippen molar-refractivity contribution < 1.29 is 13.9 Å². The number of aromatic amines is 1. The summed E-state index contributed by atoms with van der Waals surface area (Å²) in [6, 6.07) is 13.4. The molecule has 0 saturated carbocycles. The summed E-state index contributed by atoms with van der Waals surface area (Å²) in [5.74, 6) is 0.150. The van der Waals surface area contributed by atoms with Crippen LogP contribution in [0.1, 0.15) is 17.5 Å². The molecule has 1 heterocycles. The Hall–Kier alpha value is -3.15. The second-order valence-corrected chi connectivity index (χ2v) is 5.94. The summed E-state index contributed by atoms with van der Waals surface area (Å²) < 4.78 is 18.5. The van der Waals surface area contributed by atoms with E-state index in [9.17, 15) is 14.0 Å². The van der Waals surface area contributed by atoms with Crippen molar-refractivity contribution >= 4 is 16.8 Å². The Morgan fingerprint density at radius 3 is 2.77 bits per heavy atom. The molecular weight excluding hydrogens is 335 g/mol. The summed E-state index contributed by atoms with van der Waals surface area (Å²) >= 11 is 0. The van der Waals surface area contributed by atoms with E-state index in [1.54, 1.807) is 19.2 Å². The maximum atomic E-state index is 13.2. The molecule has 26 heavy (non-hydrogen) atoms. The molecule has 1 amide bonds. The minimum Gasteiger partial charge on any atom is -0.496 e. The number of rotatable bonds is 6. The molecule has 0 aliphatic rings. The Morgan fingerprint density at radius 2 is 1.96 bits per heavy atom. The third-order valence-electron chi connectivity index (χ3n) is 4.17. The molecule has 2 aromatic carbocycles. The fraction of sp³-hybridized carbons (Fsp3) is 0.200. The zero-order chi connectivity index (χ0) is 18.5. The van der Waals surface area contributed by atoms with Crippen LogP contribution in [0.3, 0.4) is 0 Å². The standard InChI is InChI=1S/C20H19FN2O3/c1-26-18-5-3-2-4-15(18)12-22-19(24)9-7-14-10-13-6-8-16(21)11-17(13)23-20(14)25/h2-6,8,10-11H,7,9,12H2,1H3,(H,22,24)(H,23,25). The van der Waals surface area contributed by atoms with Crippen LogP contribution in [0.15, 0.2) is 53.3 Å². The number of benzene rings is 2. The maximum absolute atomic E-state index is 13.2. The van der Waals surface area contributed by atoms with E-state index in [4.69, 9.17) is 4.74 Å². The van der Waals surface area contributed by atoms with Gasteiger partial charge in [-0.3, -0.25) is 9.59 Å². The number of H-pyrrole nitrogens is 1. The van der Waals surface area contributed by atoms with Gasteiger partial charge in [0.1, 0.15) is 11.6 Å². The van der Waals surface area contributed by atoms with Crippen molar-refractivity contribution in [3.63, 3.8) is 0 Å². The highest BCUT2D eigenvalue weighted by molar-refractivity contribution is 5.79. The first-order valence-electron chi connectivity index (χ1n) is 8.27. The van der Waals surface area contributed by atoms with E-state index in [2.05, 4.69) is 10.3 Å². The Labute approximate surface area is 149 Å². The van der Waals surface area contributed by atoms with E-state index >= 15 is 0 Å². The van der Waals surface area contributed by atoms with Gasteiger partial charge in [0.15, 0.2) is 0 Å². The number of carbonyl (C=O) groups excluding carboxylic acids is 1. The maximum Gasteiger partial charge on any atom is 0.251 e. The first kappa shape index (κ1) is 17.7. The fourth-order valence-corrected chi connectivity index (χ4v) is 2.78. The first-order valence-corrected chi connectivity index (χ1v) is 8.27. The predicted molar refractivity (Wildman–Crippen MR) is 97.7 cm³/mol. The summed E-state index contributed by atoms with van der Waals surface area (Å²) in [5.41, 5.74) is 1.52. The number of pyridine rings is 1. The number of fused-ring (bicyclic) bond motifs is 1. The van der Waals surface area contributed by atoms with Gasteiger partial charge in [0.05, 0.1) is 12.6 Å². The highest BCUT2D eigenvalue weighted by Gasteiger charge is 2.09. The first-order chi connectivity index (χ1) is 12.6. The van der Waals surface area contributed by atoms with Crippen LogP contribution in [-0.2, 0) is 17.8 Å². The van der Waals surface area contributed by atoms with Crippen molar-refractivity contribution in [3.05, 3.63) is 75.8 Å². The number of methoxy groups -OCH3 is 1. The van der Waals surface area contributed by atoms with Gasteiger partial charge in [-0.25, -0.2) is 4.39 Å². The highest BCUT2D eigenvalue weighted by atomic mass is 19.1. The van der Waals surface area contributed by atoms with Crippen LogP contribution in [0.5, 0.6) is 5.75 Å². The third-order valence-corrected chi connectivity index (χ3v) is 4.17. The topological polar surface area (TPSA) is 71.2 Å². The Morgan fingerprint density at radius 1 is 1.15 bits per heavy atom. The lowest BCUT2D eigenvalue weighted by Gasteiger charge is -2.09. The molecule has 1 aromatic heterocycles. The Balaban J connectivity index is 1.62. The lowest BCUT2D eigenvalue weighted by atomic mass is 10.1. The van der Waals surface area contributed by atoms with E-state index in [-0.39, 0.29) is 17.9 Å². The van der Waals surface area contributed by atoms with Gasteiger partial charge in [-0.05, 0) is 42.1 Å². The van der Waals surface area contributed by atoms with Crippen molar-refractivity contribution in [1.82, 2.24) is 10.3 Å². The largest absolute Gasteiger partial charge is 0.496 e. The number of aromatic nitrogens is 1. The van der Waals surface area contributed by atoms with Crippen LogP contribution in [0, 0.1) is 5.82 Å². The molecule has 0 unspecified atom stereocenters. The molecule has 3 aromatic rings. The number of para-hydroxylation sites is 1. The van der Waals surface area contributed by atoms with Gasteiger partial charge in [0.25, 0.3) is 5.56 Å². The molecule has 0 bridgehead atoms. The number of nitrogens with one attached hydrogen (secondary N) is 2. The fourth-order valence-electron chi connectivity index (χ4n) is 2.78. The Kier molecular flexibility index (Phi) is 5.31. The summed E-state index contributed by atoms with van der Waals surface area (Å²) in [4.78, 5) is 26.8. The lowest BCUT2D eigenvalue weighted by Crippen LogP contribution is -2.24. The molecule has 0 fully saturated rings. The molecule has 6 heteroatoms. The van der Waals surface area contributed by atoms with Crippen molar-refractivity contribution in [2.24, 2.45) is 0 Å². The van der Waals surface area contributed by atoms with Crippen molar-refractivity contribution in [2.45, 2.75) is 19.4 Å². The Bertz CT molecular complexity index is 998. The molecule has 3 rings (SSSR count). The normalized spacial score (nSPS) is 10.7. The van der Waals surface area contributed by atoms with Crippen molar-refractivity contribution in [2.75, 3.05) is 7.11 Å². The summed E-state index contributed by atoms with van der Waals surface area (Å²) in [5, 5.41) is 3.56. The average molecular weight is 354 g/mol. The highest BCUT2D eigenvalue weighted by Crippen LogP contribution is 2.17. The number of carbonyl (C=O) groups is 1. The SMILES string of the molecule is COc1ccccc1CNC(=O)CCc1cc2ccc(F)cc2[nH]c1=O. The van der Waals surface area contributed by atoms with Crippen molar-refractivity contribution in [1.29, 1.82) is 0 Å². The zero-order valence-corrected chi connectivity index (χ0v) is 14.3. The number of hydrogen-bond donors (Lipinski definition) is 2. The molecule has 0 aliphatic carbocycles. The number of halogens is 1. The minimum absolute atomic E-state index is 0.158. The number of ether oxygens (including phenoxy) is 1. The van der Waals surface area contributed by atoms with Crippen molar-refractivity contribution in [3.8, 4) is 5.75 Å². The number of aryl methyl sites for hydroxylation is 1. The van der Waals surface area contributed by atoms with Crippen LogP contribution < -0.4 is 15.6 Å². The van der Waals surface area contributed by atoms with Gasteiger partial charge in [-0.1, -0.05) is 18.2 Å². The molecule has 0 aliphatic heterocycles. The number of amides is 1. The summed E-state index contributed by atoms with van der Waals surface area (Å²) in [6.07, 6.45) is 0.491. The van der Waals surface area contributed by atoms with Gasteiger partial charge in [-0.15, -0.1) is 0 Å². The molecule has 0 atom stereocenters. The molecule has 5 nitrogen and oxygen atoms in total. The quantitative estimate of drug-likeness (QED) is 0.715. The second kappa shape index (κ2) is 7.82. The zero-order valence-electron chi connectivity index (χ0n) is 14.3. The van der Waals surface area contributed by atoms with Crippen LogP contribution in [0.2, 0.25) is 0 Å². The van der Waals surface area contributed by atoms with E-state index in [1.165, 1.54) is 12.1 Å². The monoisotopic (exact) mass is 354 g/mol. The molecule has 134 valence electrons. The smallest absolute Gasteiger partial charge is 0.251 e. The second-order valence-electron chi connectivity index (χ2n) is 5.94. The van der Waals surface area contributed by atoms with E-state index in [0.29, 0.717) is 29.8 Å². The van der Waals surface area contributed by atoms with Crippen LogP contribution in [0.25, 0.3) is 10.9 Å². The molecular formula is C20H19FN2O3. The minimum atomic E-state index is -0.406. The van der Waals surface area contributed by atoms with Crippen LogP contribution >= 0.6 is 0 Å². The van der Waals surface area contributed by atoms with E-state index in [0.717, 1.165) is 10.9 Å². The van der Waals surface area contributed by atoms with Gasteiger partial charge in [-0.2, -0.15) is 0 Å². The molecule has 0 spiro atoms. The molecule has 2 N–H and O–H groups in total. The summed E-state index contributed by atoms with van der Waals surface area (Å²) in [7, 11) is 1.58. The predicted octanol–water partition coefficient (Wildman–Crippen LogP) is 2.92. The van der Waals surface area contributed by atoms with Gasteiger partial charge < -0.3 is 15.0 Å². The van der Waals surface area contributed by atoms with E-state index in [1.807, 2.05) is 24.3 Å².